The van der Waals surface area contributed by atoms with Crippen molar-refractivity contribution in [2.75, 3.05) is 0 Å². The maximum Gasteiger partial charge on any atom is 0.430 e. The Labute approximate surface area is 118 Å². The second-order valence-corrected chi connectivity index (χ2v) is 3.92. The molecule has 0 aromatic rings. The van der Waals surface area contributed by atoms with Crippen molar-refractivity contribution in [1.29, 1.82) is 0 Å². The van der Waals surface area contributed by atoms with Crippen LogP contribution in [0.2, 0.25) is 0 Å². The molecular formula is C9H5F13O. The van der Waals surface area contributed by atoms with E-state index in [4.69, 9.17) is 0 Å². The molecule has 0 spiro atoms. The summed E-state index contributed by atoms with van der Waals surface area (Å²) < 4.78 is 164. The monoisotopic (exact) mass is 376 g/mol. The first-order chi connectivity index (χ1) is 9.87. The number of alkyl halides is 10. The Bertz CT molecular complexity index is 462. The normalized spacial score (nSPS) is 14.9. The Hall–Kier alpha value is -1.21. The molecule has 0 saturated heterocycles. The summed E-state index contributed by atoms with van der Waals surface area (Å²) in [5, 5.41) is 0. The summed E-state index contributed by atoms with van der Waals surface area (Å²) >= 11 is 0. The maximum absolute atomic E-state index is 12.9. The molecule has 0 radical (unpaired) electrons. The molecule has 0 aliphatic carbocycles. The second kappa shape index (κ2) is 6.02. The van der Waals surface area contributed by atoms with Gasteiger partial charge in [-0.1, -0.05) is 6.92 Å². The molecule has 0 bridgehead atoms. The lowest BCUT2D eigenvalue weighted by atomic mass is 10.0. The summed E-state index contributed by atoms with van der Waals surface area (Å²) in [7, 11) is 0. The fraction of sp³-hybridized carbons (Fsp3) is 0.778. The predicted octanol–water partition coefficient (Wildman–Crippen LogP) is 5.58. The molecule has 0 rings (SSSR count). The van der Waals surface area contributed by atoms with Gasteiger partial charge >= 0.3 is 36.1 Å². The predicted molar refractivity (Wildman–Crippen MR) is 46.5 cm³/mol. The van der Waals surface area contributed by atoms with Crippen LogP contribution >= 0.6 is 0 Å². The van der Waals surface area contributed by atoms with E-state index >= 15 is 0 Å². The Morgan fingerprint density at radius 2 is 1.13 bits per heavy atom. The molecule has 138 valence electrons. The SMILES string of the molecule is CCC(F)(F)C(F)(F)C(F)(F)C(F)(F)OC(F)(F)C(F)=C(F)F. The van der Waals surface area contributed by atoms with E-state index in [9.17, 15) is 57.1 Å². The van der Waals surface area contributed by atoms with Crippen molar-refractivity contribution in [2.24, 2.45) is 0 Å². The quantitative estimate of drug-likeness (QED) is 0.527. The zero-order valence-electron chi connectivity index (χ0n) is 10.5. The minimum absolute atomic E-state index is 0.179. The van der Waals surface area contributed by atoms with Crippen molar-refractivity contribution >= 4 is 0 Å². The van der Waals surface area contributed by atoms with Crippen LogP contribution in [-0.2, 0) is 4.74 Å². The largest absolute Gasteiger partial charge is 0.430 e. The first-order valence-corrected chi connectivity index (χ1v) is 5.18. The smallest absolute Gasteiger partial charge is 0.244 e. The van der Waals surface area contributed by atoms with Gasteiger partial charge in [0, 0.05) is 6.42 Å². The topological polar surface area (TPSA) is 9.23 Å². The lowest BCUT2D eigenvalue weighted by Gasteiger charge is -2.36. The number of hydrogen-bond donors (Lipinski definition) is 0. The average Bonchev–Trinajstić information content (AvgIpc) is 2.35. The fourth-order valence-electron chi connectivity index (χ4n) is 1.01. The molecule has 0 N–H and O–H groups in total. The first-order valence-electron chi connectivity index (χ1n) is 5.18. The molecule has 0 aliphatic heterocycles. The van der Waals surface area contributed by atoms with Crippen molar-refractivity contribution in [2.45, 2.75) is 43.3 Å². The molecule has 0 saturated carbocycles. The van der Waals surface area contributed by atoms with Crippen LogP contribution in [-0.4, -0.2) is 30.0 Å². The van der Waals surface area contributed by atoms with E-state index in [2.05, 4.69) is 0 Å². The van der Waals surface area contributed by atoms with Crippen LogP contribution in [0.5, 0.6) is 0 Å². The van der Waals surface area contributed by atoms with Gasteiger partial charge in [-0.25, -0.2) is 4.74 Å². The summed E-state index contributed by atoms with van der Waals surface area (Å²) in [6.07, 6.45) is -19.7. The number of rotatable bonds is 7. The highest BCUT2D eigenvalue weighted by atomic mass is 19.4. The van der Waals surface area contributed by atoms with Crippen molar-refractivity contribution in [3.63, 3.8) is 0 Å². The third-order valence-electron chi connectivity index (χ3n) is 2.34. The minimum atomic E-state index is -7.30. The molecule has 14 heteroatoms. The number of ether oxygens (including phenoxy) is 1. The van der Waals surface area contributed by atoms with Crippen LogP contribution in [0.15, 0.2) is 11.9 Å². The summed E-state index contributed by atoms with van der Waals surface area (Å²) in [5.41, 5.74) is 0. The van der Waals surface area contributed by atoms with E-state index in [-0.39, 0.29) is 6.92 Å². The van der Waals surface area contributed by atoms with Crippen LogP contribution < -0.4 is 0 Å². The average molecular weight is 376 g/mol. The Kier molecular flexibility index (Phi) is 5.70. The van der Waals surface area contributed by atoms with Gasteiger partial charge in [0.25, 0.3) is 5.83 Å². The highest BCUT2D eigenvalue weighted by molar-refractivity contribution is 5.04. The van der Waals surface area contributed by atoms with Crippen LogP contribution in [0.1, 0.15) is 13.3 Å². The van der Waals surface area contributed by atoms with E-state index in [1.54, 1.807) is 4.74 Å². The standard InChI is InChI=1S/C9H5F13O/c1-2-5(13,14)7(17,18)8(19,20)9(21,22)23-6(15,16)3(10)4(11)12/h2H2,1H3. The molecule has 0 heterocycles. The Balaban J connectivity index is 5.88. The lowest BCUT2D eigenvalue weighted by molar-refractivity contribution is -0.468. The van der Waals surface area contributed by atoms with Gasteiger partial charge in [0.1, 0.15) is 0 Å². The van der Waals surface area contributed by atoms with Crippen LogP contribution in [0, 0.1) is 0 Å². The molecule has 0 unspecified atom stereocenters. The van der Waals surface area contributed by atoms with Gasteiger partial charge in [0.2, 0.25) is 0 Å². The van der Waals surface area contributed by atoms with Crippen molar-refractivity contribution in [3.8, 4) is 0 Å². The molecule has 1 nitrogen and oxygen atoms in total. The fourth-order valence-corrected chi connectivity index (χ4v) is 1.01. The van der Waals surface area contributed by atoms with E-state index in [1.807, 2.05) is 0 Å². The van der Waals surface area contributed by atoms with Gasteiger partial charge in [0.15, 0.2) is 0 Å². The molecule has 0 aliphatic rings. The van der Waals surface area contributed by atoms with E-state index in [0.717, 1.165) is 0 Å². The van der Waals surface area contributed by atoms with Crippen molar-refractivity contribution in [3.05, 3.63) is 11.9 Å². The van der Waals surface area contributed by atoms with Gasteiger partial charge < -0.3 is 0 Å². The van der Waals surface area contributed by atoms with Crippen molar-refractivity contribution < 1.29 is 61.8 Å². The molecule has 0 aromatic carbocycles. The van der Waals surface area contributed by atoms with Gasteiger partial charge in [-0.05, 0) is 0 Å². The zero-order valence-corrected chi connectivity index (χ0v) is 10.5. The highest BCUT2D eigenvalue weighted by Crippen LogP contribution is 2.55. The summed E-state index contributed by atoms with van der Waals surface area (Å²) in [5.74, 6) is -24.1. The third kappa shape index (κ3) is 3.66. The van der Waals surface area contributed by atoms with Gasteiger partial charge in [-0.15, -0.1) is 0 Å². The summed E-state index contributed by atoms with van der Waals surface area (Å²) in [6.45, 7) is 0.179. The Morgan fingerprint density at radius 1 is 0.739 bits per heavy atom. The minimum Gasteiger partial charge on any atom is -0.244 e. The Morgan fingerprint density at radius 3 is 1.43 bits per heavy atom. The number of halogens is 13. The maximum atomic E-state index is 12.9. The molecule has 0 fully saturated rings. The summed E-state index contributed by atoms with van der Waals surface area (Å²) in [4.78, 5) is 0. The van der Waals surface area contributed by atoms with Crippen molar-refractivity contribution in [1.82, 2.24) is 0 Å². The van der Waals surface area contributed by atoms with Gasteiger partial charge in [-0.2, -0.15) is 57.1 Å². The first kappa shape index (κ1) is 21.8. The van der Waals surface area contributed by atoms with E-state index < -0.39 is 48.3 Å². The molecule has 23 heavy (non-hydrogen) atoms. The number of hydrogen-bond acceptors (Lipinski definition) is 1. The van der Waals surface area contributed by atoms with Gasteiger partial charge in [-0.3, -0.25) is 0 Å². The molecule has 0 amide bonds. The zero-order chi connectivity index (χ0) is 19.1. The molecule has 0 aromatic heterocycles. The lowest BCUT2D eigenvalue weighted by Crippen LogP contribution is -2.63. The molecular weight excluding hydrogens is 371 g/mol. The second-order valence-electron chi connectivity index (χ2n) is 3.92. The van der Waals surface area contributed by atoms with E-state index in [1.165, 1.54) is 0 Å². The molecule has 0 atom stereocenters. The summed E-state index contributed by atoms with van der Waals surface area (Å²) in [6, 6.07) is 0. The highest BCUT2D eigenvalue weighted by Gasteiger charge is 2.82. The van der Waals surface area contributed by atoms with Crippen LogP contribution in [0.3, 0.4) is 0 Å². The van der Waals surface area contributed by atoms with E-state index in [0.29, 0.717) is 0 Å². The third-order valence-corrected chi connectivity index (χ3v) is 2.34. The van der Waals surface area contributed by atoms with Gasteiger partial charge in [0.05, 0.1) is 0 Å². The van der Waals surface area contributed by atoms with Crippen LogP contribution in [0.25, 0.3) is 0 Å². The van der Waals surface area contributed by atoms with Crippen LogP contribution in [0.4, 0.5) is 57.1 Å².